The van der Waals surface area contributed by atoms with Crippen molar-refractivity contribution < 1.29 is 9.47 Å². The first-order valence-corrected chi connectivity index (χ1v) is 9.42. The first-order chi connectivity index (χ1) is 13.7. The molecule has 0 aliphatic carbocycles. The third kappa shape index (κ3) is 5.16. The molecule has 7 heteroatoms. The van der Waals surface area contributed by atoms with Gasteiger partial charge in [0.25, 0.3) is 0 Å². The molecule has 2 heterocycles. The second-order valence-electron chi connectivity index (χ2n) is 6.27. The highest BCUT2D eigenvalue weighted by atomic mass is 16.5. The van der Waals surface area contributed by atoms with Gasteiger partial charge in [0.05, 0.1) is 25.9 Å². The topological polar surface area (TPSA) is 72.2 Å². The second kappa shape index (κ2) is 9.64. The van der Waals surface area contributed by atoms with Crippen LogP contribution in [0.15, 0.2) is 53.7 Å². The molecule has 2 aromatic heterocycles. The second-order valence-corrected chi connectivity index (χ2v) is 6.27. The third-order valence-corrected chi connectivity index (χ3v) is 4.21. The molecule has 0 fully saturated rings. The molecule has 3 rings (SSSR count). The van der Waals surface area contributed by atoms with Gasteiger partial charge in [-0.3, -0.25) is 0 Å². The molecule has 28 heavy (non-hydrogen) atoms. The van der Waals surface area contributed by atoms with Gasteiger partial charge in [-0.15, -0.1) is 0 Å². The summed E-state index contributed by atoms with van der Waals surface area (Å²) in [5.41, 5.74) is 3.03. The number of nitrogens with zero attached hydrogens (tertiary/aromatic N) is 3. The van der Waals surface area contributed by atoms with Gasteiger partial charge in [0, 0.05) is 18.4 Å². The van der Waals surface area contributed by atoms with Crippen LogP contribution >= 0.6 is 0 Å². The van der Waals surface area contributed by atoms with Crippen molar-refractivity contribution >= 4 is 11.6 Å². The molecule has 0 atom stereocenters. The number of nitrogens with one attached hydrogen (secondary N) is 2. The first-order valence-electron chi connectivity index (χ1n) is 9.42. The fourth-order valence-electron chi connectivity index (χ4n) is 2.79. The predicted octanol–water partition coefficient (Wildman–Crippen LogP) is 2.79. The van der Waals surface area contributed by atoms with Crippen LogP contribution in [0.4, 0.5) is 0 Å². The van der Waals surface area contributed by atoms with E-state index in [0.29, 0.717) is 19.7 Å². The molecule has 0 aliphatic heterocycles. The predicted molar refractivity (Wildman–Crippen MR) is 111 cm³/mol. The highest BCUT2D eigenvalue weighted by molar-refractivity contribution is 5.79. The molecule has 0 unspecified atom stereocenters. The minimum atomic E-state index is 0.510. The van der Waals surface area contributed by atoms with Crippen LogP contribution in [0, 0.1) is 6.92 Å². The number of benzene rings is 1. The van der Waals surface area contributed by atoms with Crippen LogP contribution in [0.2, 0.25) is 0 Å². The lowest BCUT2D eigenvalue weighted by molar-refractivity contribution is 0.321. The smallest absolute Gasteiger partial charge is 0.191 e. The summed E-state index contributed by atoms with van der Waals surface area (Å²) in [6, 6.07) is 13.6. The lowest BCUT2D eigenvalue weighted by Crippen LogP contribution is -2.39. The fourth-order valence-corrected chi connectivity index (χ4v) is 2.79. The van der Waals surface area contributed by atoms with Crippen molar-refractivity contribution in [2.75, 3.05) is 26.8 Å². The highest BCUT2D eigenvalue weighted by Gasteiger charge is 2.04. The van der Waals surface area contributed by atoms with Gasteiger partial charge in [-0.05, 0) is 50.2 Å². The summed E-state index contributed by atoms with van der Waals surface area (Å²) in [6.07, 6.45) is 2.03. The molecule has 7 nitrogen and oxygen atoms in total. The lowest BCUT2D eigenvalue weighted by atomic mass is 10.3. The van der Waals surface area contributed by atoms with E-state index < -0.39 is 0 Å². The Hall–Kier alpha value is -3.22. The van der Waals surface area contributed by atoms with Crippen LogP contribution < -0.4 is 20.1 Å². The van der Waals surface area contributed by atoms with E-state index in [1.54, 1.807) is 7.11 Å². The van der Waals surface area contributed by atoms with Crippen LogP contribution in [-0.4, -0.2) is 42.2 Å². The monoisotopic (exact) mass is 381 g/mol. The Balaban J connectivity index is 1.52. The minimum absolute atomic E-state index is 0.510. The maximum atomic E-state index is 5.73. The van der Waals surface area contributed by atoms with E-state index >= 15 is 0 Å². The Labute approximate surface area is 165 Å². The first kappa shape index (κ1) is 19.5. The molecule has 3 aromatic rings. The van der Waals surface area contributed by atoms with Crippen LogP contribution in [0.3, 0.4) is 0 Å². The van der Waals surface area contributed by atoms with Gasteiger partial charge < -0.3 is 24.5 Å². The Morgan fingerprint density at radius 3 is 2.61 bits per heavy atom. The summed E-state index contributed by atoms with van der Waals surface area (Å²) in [5.74, 6) is 2.37. The Bertz CT molecular complexity index is 918. The number of hydrogen-bond donors (Lipinski definition) is 2. The number of methoxy groups -OCH3 is 1. The third-order valence-electron chi connectivity index (χ3n) is 4.21. The van der Waals surface area contributed by atoms with Gasteiger partial charge >= 0.3 is 0 Å². The number of pyridine rings is 1. The largest absolute Gasteiger partial charge is 0.497 e. The average molecular weight is 381 g/mol. The number of aromatic nitrogens is 2. The molecule has 0 aliphatic rings. The Morgan fingerprint density at radius 2 is 1.89 bits per heavy atom. The van der Waals surface area contributed by atoms with Gasteiger partial charge in [-0.25, -0.2) is 9.98 Å². The van der Waals surface area contributed by atoms with Gasteiger partial charge in [0.15, 0.2) is 5.96 Å². The van der Waals surface area contributed by atoms with Crippen molar-refractivity contribution in [1.82, 2.24) is 20.0 Å². The van der Waals surface area contributed by atoms with E-state index in [1.165, 1.54) is 0 Å². The number of aryl methyl sites for hydroxylation is 1. The van der Waals surface area contributed by atoms with E-state index in [9.17, 15) is 0 Å². The molecule has 0 spiro atoms. The zero-order chi connectivity index (χ0) is 19.8. The summed E-state index contributed by atoms with van der Waals surface area (Å²) in [5, 5.41) is 6.53. The average Bonchev–Trinajstić information content (AvgIpc) is 3.14. The highest BCUT2D eigenvalue weighted by Crippen LogP contribution is 2.16. The minimum Gasteiger partial charge on any atom is -0.497 e. The molecule has 0 saturated heterocycles. The number of ether oxygens (including phenoxy) is 2. The quantitative estimate of drug-likeness (QED) is 0.357. The summed E-state index contributed by atoms with van der Waals surface area (Å²) >= 11 is 0. The van der Waals surface area contributed by atoms with Crippen molar-refractivity contribution in [2.45, 2.75) is 20.4 Å². The molecular formula is C21H27N5O2. The normalized spacial score (nSPS) is 11.5. The fraction of sp³-hybridized carbons (Fsp3) is 0.333. The number of rotatable bonds is 8. The van der Waals surface area contributed by atoms with Gasteiger partial charge in [0.1, 0.15) is 23.8 Å². The maximum Gasteiger partial charge on any atom is 0.191 e. The lowest BCUT2D eigenvalue weighted by Gasteiger charge is -2.12. The molecule has 0 saturated carbocycles. The summed E-state index contributed by atoms with van der Waals surface area (Å²) in [4.78, 5) is 9.24. The molecule has 0 amide bonds. The molecule has 2 N–H and O–H groups in total. The Morgan fingerprint density at radius 1 is 1.11 bits per heavy atom. The maximum absolute atomic E-state index is 5.73. The Kier molecular flexibility index (Phi) is 6.73. The molecule has 148 valence electrons. The van der Waals surface area contributed by atoms with Gasteiger partial charge in [-0.2, -0.15) is 0 Å². The van der Waals surface area contributed by atoms with E-state index in [2.05, 4.69) is 38.0 Å². The van der Waals surface area contributed by atoms with Gasteiger partial charge in [-0.1, -0.05) is 6.07 Å². The van der Waals surface area contributed by atoms with Crippen molar-refractivity contribution in [2.24, 2.45) is 4.99 Å². The van der Waals surface area contributed by atoms with Crippen LogP contribution in [0.1, 0.15) is 18.3 Å². The van der Waals surface area contributed by atoms with E-state index in [0.717, 1.165) is 41.0 Å². The van der Waals surface area contributed by atoms with Crippen LogP contribution in [-0.2, 0) is 6.54 Å². The number of imidazole rings is 1. The van der Waals surface area contributed by atoms with Crippen molar-refractivity contribution in [1.29, 1.82) is 0 Å². The molecular weight excluding hydrogens is 354 g/mol. The number of fused-ring (bicyclic) bond motifs is 1. The summed E-state index contributed by atoms with van der Waals surface area (Å²) in [6.45, 7) is 6.58. The zero-order valence-corrected chi connectivity index (χ0v) is 16.6. The number of hydrogen-bond acceptors (Lipinski definition) is 4. The molecule has 0 radical (unpaired) electrons. The summed E-state index contributed by atoms with van der Waals surface area (Å²) in [7, 11) is 1.65. The van der Waals surface area contributed by atoms with Crippen LogP contribution in [0.25, 0.3) is 5.65 Å². The summed E-state index contributed by atoms with van der Waals surface area (Å²) < 4.78 is 13.0. The standard InChI is InChI=1S/C21H27N5O2/c1-4-22-21(23-12-13-28-19-10-8-18(27-3)9-11-19)24-14-17-15-26-16(2)6-5-7-20(26)25-17/h5-11,15H,4,12-14H2,1-3H3,(H2,22,23,24). The van der Waals surface area contributed by atoms with E-state index in [4.69, 9.17) is 9.47 Å². The molecule has 0 bridgehead atoms. The number of guanidine groups is 1. The van der Waals surface area contributed by atoms with Crippen LogP contribution in [0.5, 0.6) is 11.5 Å². The zero-order valence-electron chi connectivity index (χ0n) is 16.6. The van der Waals surface area contributed by atoms with E-state index in [1.807, 2.05) is 49.5 Å². The van der Waals surface area contributed by atoms with Crippen molar-refractivity contribution in [3.8, 4) is 11.5 Å². The number of aliphatic imine (C=N–C) groups is 1. The van der Waals surface area contributed by atoms with Crippen molar-refractivity contribution in [3.63, 3.8) is 0 Å². The molecule has 1 aromatic carbocycles. The van der Waals surface area contributed by atoms with Gasteiger partial charge in [0.2, 0.25) is 0 Å². The SMILES string of the molecule is CCNC(=NCc1cn2c(C)cccc2n1)NCCOc1ccc(OC)cc1. The van der Waals surface area contributed by atoms with Crippen molar-refractivity contribution in [3.05, 3.63) is 60.0 Å². The van der Waals surface area contributed by atoms with E-state index in [-0.39, 0.29) is 0 Å².